The van der Waals surface area contributed by atoms with Crippen LogP contribution in [0.25, 0.3) is 0 Å². The molecule has 0 atom stereocenters. The Morgan fingerprint density at radius 3 is 2.24 bits per heavy atom. The molecular formula is C35H41N3O4. The van der Waals surface area contributed by atoms with Crippen molar-refractivity contribution in [1.82, 2.24) is 4.98 Å². The molecule has 4 aromatic rings. The van der Waals surface area contributed by atoms with Gasteiger partial charge >= 0.3 is 0 Å². The summed E-state index contributed by atoms with van der Waals surface area (Å²) in [5.41, 5.74) is 5.95. The molecule has 7 nitrogen and oxygen atoms in total. The van der Waals surface area contributed by atoms with E-state index >= 15 is 0 Å². The first-order chi connectivity index (χ1) is 20.8. The van der Waals surface area contributed by atoms with Gasteiger partial charge in [-0.25, -0.2) is 4.98 Å². The predicted octanol–water partition coefficient (Wildman–Crippen LogP) is 6.51. The normalized spacial score (nSPS) is 12.8. The number of rotatable bonds is 16. The van der Waals surface area contributed by atoms with Gasteiger partial charge in [0.25, 0.3) is 0 Å². The number of aromatic nitrogens is 1. The van der Waals surface area contributed by atoms with Crippen LogP contribution in [0.5, 0.6) is 11.6 Å². The highest BCUT2D eigenvalue weighted by molar-refractivity contribution is 5.53. The van der Waals surface area contributed by atoms with Crippen LogP contribution in [0, 0.1) is 0 Å². The van der Waals surface area contributed by atoms with Crippen LogP contribution in [0.1, 0.15) is 29.5 Å². The van der Waals surface area contributed by atoms with Crippen molar-refractivity contribution in [3.63, 3.8) is 0 Å². The summed E-state index contributed by atoms with van der Waals surface area (Å²) < 4.78 is 22.8. The van der Waals surface area contributed by atoms with Crippen LogP contribution in [-0.2, 0) is 29.2 Å². The van der Waals surface area contributed by atoms with Crippen LogP contribution in [0.3, 0.4) is 0 Å². The molecule has 0 spiro atoms. The minimum Gasteiger partial charge on any atom is -0.497 e. The first-order valence-corrected chi connectivity index (χ1v) is 14.8. The summed E-state index contributed by atoms with van der Waals surface area (Å²) in [4.78, 5) is 9.29. The van der Waals surface area contributed by atoms with Crippen LogP contribution in [0.2, 0.25) is 0 Å². The predicted molar refractivity (Wildman–Crippen MR) is 167 cm³/mol. The summed E-state index contributed by atoms with van der Waals surface area (Å²) in [6.07, 6.45) is 4.33. The van der Waals surface area contributed by atoms with Gasteiger partial charge in [-0.3, -0.25) is 0 Å². The number of anilines is 2. The zero-order chi connectivity index (χ0) is 28.8. The largest absolute Gasteiger partial charge is 0.497 e. The van der Waals surface area contributed by atoms with E-state index in [-0.39, 0.29) is 0 Å². The number of methoxy groups -OCH3 is 1. The number of hydrogen-bond donors (Lipinski definition) is 0. The molecule has 0 saturated carbocycles. The monoisotopic (exact) mass is 567 g/mol. The summed E-state index contributed by atoms with van der Waals surface area (Å²) in [6.45, 7) is 6.29. The Bertz CT molecular complexity index is 1360. The molecule has 1 aromatic heterocycles. The fraction of sp³-hybridized carbons (Fsp3) is 0.343. The van der Waals surface area contributed by atoms with Crippen LogP contribution >= 0.6 is 0 Å². The van der Waals surface area contributed by atoms with Gasteiger partial charge in [-0.2, -0.15) is 0 Å². The first-order valence-electron chi connectivity index (χ1n) is 14.8. The van der Waals surface area contributed by atoms with Crippen molar-refractivity contribution in [2.45, 2.75) is 32.5 Å². The number of pyridine rings is 1. The maximum absolute atomic E-state index is 5.97. The molecule has 0 aliphatic carbocycles. The Balaban J connectivity index is 1.18. The van der Waals surface area contributed by atoms with Crippen LogP contribution in [0.15, 0.2) is 97.2 Å². The van der Waals surface area contributed by atoms with Gasteiger partial charge in [0.15, 0.2) is 0 Å². The van der Waals surface area contributed by atoms with Crippen LogP contribution in [0.4, 0.5) is 11.4 Å². The Kier molecular flexibility index (Phi) is 11.1. The lowest BCUT2D eigenvalue weighted by Crippen LogP contribution is -2.23. The van der Waals surface area contributed by atoms with E-state index in [9.17, 15) is 0 Å². The second-order valence-corrected chi connectivity index (χ2v) is 10.4. The van der Waals surface area contributed by atoms with E-state index in [0.29, 0.717) is 38.9 Å². The van der Waals surface area contributed by atoms with Gasteiger partial charge in [-0.05, 0) is 59.9 Å². The van der Waals surface area contributed by atoms with Crippen molar-refractivity contribution in [2.75, 3.05) is 56.4 Å². The molecule has 220 valence electrons. The van der Waals surface area contributed by atoms with Gasteiger partial charge < -0.3 is 28.7 Å². The molecule has 0 radical (unpaired) electrons. The summed E-state index contributed by atoms with van der Waals surface area (Å²) in [7, 11) is 1.70. The topological polar surface area (TPSA) is 56.3 Å². The van der Waals surface area contributed by atoms with Crippen LogP contribution < -0.4 is 19.3 Å². The van der Waals surface area contributed by atoms with Gasteiger partial charge in [0.05, 0.1) is 33.5 Å². The maximum atomic E-state index is 5.97. The van der Waals surface area contributed by atoms with E-state index in [4.69, 9.17) is 18.9 Å². The Morgan fingerprint density at radius 1 is 0.714 bits per heavy atom. The Hall–Kier alpha value is -4.07. The fourth-order valence-corrected chi connectivity index (χ4v) is 5.14. The van der Waals surface area contributed by atoms with Crippen molar-refractivity contribution in [3.8, 4) is 11.6 Å². The van der Waals surface area contributed by atoms with Gasteiger partial charge in [0.1, 0.15) is 12.4 Å². The van der Waals surface area contributed by atoms with Gasteiger partial charge in [-0.1, -0.05) is 54.6 Å². The Morgan fingerprint density at radius 2 is 1.43 bits per heavy atom. The minimum absolute atomic E-state index is 0.420. The molecule has 1 saturated heterocycles. The molecule has 1 aliphatic heterocycles. The second kappa shape index (κ2) is 15.8. The smallest absolute Gasteiger partial charge is 0.215 e. The SMILES string of the molecule is COc1cccc(CN(Cc2cccc(N3CCCC3)c2)c2ccnc(OCCOCCOCc3ccccc3)c2)c1. The van der Waals surface area contributed by atoms with E-state index in [0.717, 1.165) is 43.2 Å². The number of benzene rings is 3. The van der Waals surface area contributed by atoms with Crippen molar-refractivity contribution in [1.29, 1.82) is 0 Å². The number of hydrogen-bond acceptors (Lipinski definition) is 7. The average molecular weight is 568 g/mol. The standard InChI is InChI=1S/C35H41N3O4/c1-39-34-14-8-12-31(24-34)27-38(26-30-11-7-13-32(23-30)37-17-5-6-18-37)33-15-16-36-35(25-33)42-22-21-40-19-20-41-28-29-9-3-2-4-10-29/h2-4,7-16,23-25H,5-6,17-22,26-28H2,1H3. The van der Waals surface area contributed by atoms with Gasteiger partial charge in [0, 0.05) is 49.8 Å². The third kappa shape index (κ3) is 8.96. The van der Waals surface area contributed by atoms with Crippen LogP contribution in [-0.4, -0.2) is 51.6 Å². The Labute approximate surface area is 249 Å². The highest BCUT2D eigenvalue weighted by atomic mass is 16.5. The molecule has 1 fully saturated rings. The summed E-state index contributed by atoms with van der Waals surface area (Å²) in [5.74, 6) is 1.44. The first kappa shape index (κ1) is 29.4. The van der Waals surface area contributed by atoms with Gasteiger partial charge in [-0.15, -0.1) is 0 Å². The third-order valence-electron chi connectivity index (χ3n) is 7.31. The van der Waals surface area contributed by atoms with Crippen molar-refractivity contribution < 1.29 is 18.9 Å². The molecule has 1 aliphatic rings. The van der Waals surface area contributed by atoms with E-state index in [1.54, 1.807) is 7.11 Å². The number of ether oxygens (including phenoxy) is 4. The third-order valence-corrected chi connectivity index (χ3v) is 7.31. The van der Waals surface area contributed by atoms with E-state index in [1.807, 2.05) is 48.7 Å². The molecular weight excluding hydrogens is 526 g/mol. The van der Waals surface area contributed by atoms with Crippen molar-refractivity contribution in [3.05, 3.63) is 114 Å². The lowest BCUT2D eigenvalue weighted by Gasteiger charge is -2.26. The molecule has 2 heterocycles. The lowest BCUT2D eigenvalue weighted by molar-refractivity contribution is 0.0299. The summed E-state index contributed by atoms with van der Waals surface area (Å²) in [6, 6.07) is 31.3. The van der Waals surface area contributed by atoms with Crippen molar-refractivity contribution >= 4 is 11.4 Å². The summed E-state index contributed by atoms with van der Waals surface area (Å²) in [5, 5.41) is 0. The van der Waals surface area contributed by atoms with E-state index in [2.05, 4.69) is 63.3 Å². The average Bonchev–Trinajstić information content (AvgIpc) is 3.58. The van der Waals surface area contributed by atoms with E-state index < -0.39 is 0 Å². The zero-order valence-corrected chi connectivity index (χ0v) is 24.5. The highest BCUT2D eigenvalue weighted by Gasteiger charge is 2.15. The molecule has 3 aromatic carbocycles. The molecule has 0 unspecified atom stereocenters. The number of nitrogens with zero attached hydrogens (tertiary/aromatic N) is 3. The highest BCUT2D eigenvalue weighted by Crippen LogP contribution is 2.27. The molecule has 0 N–H and O–H groups in total. The lowest BCUT2D eigenvalue weighted by atomic mass is 10.1. The molecule has 5 rings (SSSR count). The molecule has 42 heavy (non-hydrogen) atoms. The molecule has 7 heteroatoms. The minimum atomic E-state index is 0.420. The second-order valence-electron chi connectivity index (χ2n) is 10.4. The molecule has 0 bridgehead atoms. The van der Waals surface area contributed by atoms with Gasteiger partial charge in [0.2, 0.25) is 5.88 Å². The fourth-order valence-electron chi connectivity index (χ4n) is 5.14. The van der Waals surface area contributed by atoms with Crippen molar-refractivity contribution in [2.24, 2.45) is 0 Å². The maximum Gasteiger partial charge on any atom is 0.215 e. The quantitative estimate of drug-likeness (QED) is 0.143. The summed E-state index contributed by atoms with van der Waals surface area (Å²) >= 11 is 0. The van der Waals surface area contributed by atoms with E-state index in [1.165, 1.54) is 29.7 Å². The molecule has 0 amide bonds. The zero-order valence-electron chi connectivity index (χ0n) is 24.5.